The predicted molar refractivity (Wildman–Crippen MR) is 93.8 cm³/mol. The number of nitrogens with zero attached hydrogens (tertiary/aromatic N) is 2. The maximum atomic E-state index is 12.8. The summed E-state index contributed by atoms with van der Waals surface area (Å²) in [5.74, 6) is -0.138. The second kappa shape index (κ2) is 6.20. The number of H-pyrrole nitrogens is 1. The summed E-state index contributed by atoms with van der Waals surface area (Å²) in [4.78, 5) is 14.3. The number of amides is 1. The first-order chi connectivity index (χ1) is 12.6. The number of aromatic hydroxyl groups is 2. The molecule has 132 valence electrons. The molecular formula is C19H17N3O4. The molecule has 1 aliphatic heterocycles. The fraction of sp³-hybridized carbons (Fsp3) is 0.158. The monoisotopic (exact) mass is 351 g/mol. The Balaban J connectivity index is 1.93. The number of phenols is 2. The molecule has 2 aromatic carbocycles. The Morgan fingerprint density at radius 1 is 1.12 bits per heavy atom. The number of para-hydroxylation sites is 1. The van der Waals surface area contributed by atoms with Gasteiger partial charge in [0.05, 0.1) is 12.6 Å². The number of rotatable bonds is 4. The maximum Gasteiger partial charge on any atom is 0.273 e. The van der Waals surface area contributed by atoms with E-state index in [9.17, 15) is 20.1 Å². The zero-order chi connectivity index (χ0) is 18.3. The van der Waals surface area contributed by atoms with Crippen LogP contribution >= 0.6 is 0 Å². The van der Waals surface area contributed by atoms with Gasteiger partial charge in [0.25, 0.3) is 5.91 Å². The van der Waals surface area contributed by atoms with Crippen molar-refractivity contribution in [2.75, 3.05) is 13.2 Å². The highest BCUT2D eigenvalue weighted by atomic mass is 16.3. The van der Waals surface area contributed by atoms with Crippen LogP contribution in [0.4, 0.5) is 0 Å². The van der Waals surface area contributed by atoms with E-state index in [0.29, 0.717) is 28.1 Å². The van der Waals surface area contributed by atoms with Crippen molar-refractivity contribution in [3.8, 4) is 22.8 Å². The molecule has 2 heterocycles. The lowest BCUT2D eigenvalue weighted by molar-refractivity contribution is 0.0706. The minimum atomic E-state index is -0.523. The summed E-state index contributed by atoms with van der Waals surface area (Å²) in [5, 5.41) is 36.5. The molecule has 4 rings (SSSR count). The number of aromatic amines is 1. The summed E-state index contributed by atoms with van der Waals surface area (Å²) in [7, 11) is 0. The zero-order valence-electron chi connectivity index (χ0n) is 13.8. The summed E-state index contributed by atoms with van der Waals surface area (Å²) in [6, 6.07) is 12.9. The van der Waals surface area contributed by atoms with Crippen LogP contribution < -0.4 is 0 Å². The molecule has 7 nitrogen and oxygen atoms in total. The van der Waals surface area contributed by atoms with E-state index in [1.54, 1.807) is 48.5 Å². The number of benzene rings is 2. The van der Waals surface area contributed by atoms with Gasteiger partial charge in [-0.15, -0.1) is 0 Å². The fourth-order valence-corrected chi connectivity index (χ4v) is 3.46. The van der Waals surface area contributed by atoms with Crippen LogP contribution in [-0.2, 0) is 0 Å². The summed E-state index contributed by atoms with van der Waals surface area (Å²) in [5.41, 5.74) is 2.62. The Morgan fingerprint density at radius 2 is 1.92 bits per heavy atom. The summed E-state index contributed by atoms with van der Waals surface area (Å²) in [6.45, 7) is -0.0490. The molecule has 1 unspecified atom stereocenters. The molecule has 3 aromatic rings. The van der Waals surface area contributed by atoms with Gasteiger partial charge in [-0.3, -0.25) is 9.89 Å². The van der Waals surface area contributed by atoms with Crippen LogP contribution in [0, 0.1) is 0 Å². The lowest BCUT2D eigenvalue weighted by atomic mass is 9.95. The Labute approximate surface area is 149 Å². The zero-order valence-corrected chi connectivity index (χ0v) is 13.8. The van der Waals surface area contributed by atoms with E-state index >= 15 is 0 Å². The number of fused-ring (bicyclic) bond motifs is 1. The van der Waals surface area contributed by atoms with Gasteiger partial charge in [-0.05, 0) is 29.8 Å². The molecule has 7 heteroatoms. The molecule has 0 spiro atoms. The standard InChI is InChI=1S/C19H17N3O4/c23-9-8-22-18(11-4-3-5-12(24)10-11)15-16(20-21-17(15)19(22)26)13-6-1-2-7-14(13)25/h1-7,10,18,23-25H,8-9H2,(H,20,21). The fourth-order valence-electron chi connectivity index (χ4n) is 3.46. The summed E-state index contributed by atoms with van der Waals surface area (Å²) >= 11 is 0. The van der Waals surface area contributed by atoms with Gasteiger partial charge in [-0.2, -0.15) is 5.10 Å². The minimum absolute atomic E-state index is 0.0597. The number of aliphatic hydroxyl groups excluding tert-OH is 1. The van der Waals surface area contributed by atoms with Crippen molar-refractivity contribution in [2.24, 2.45) is 0 Å². The maximum absolute atomic E-state index is 12.8. The molecule has 0 saturated heterocycles. The van der Waals surface area contributed by atoms with Gasteiger partial charge in [0.2, 0.25) is 0 Å². The highest BCUT2D eigenvalue weighted by molar-refractivity contribution is 6.00. The van der Waals surface area contributed by atoms with E-state index in [1.165, 1.54) is 4.90 Å². The number of β-amino-alcohol motifs (C(OH)–C–C–N with tert-alkyl or cyclic N) is 1. The third-order valence-corrected chi connectivity index (χ3v) is 4.55. The molecule has 1 aromatic heterocycles. The number of carbonyl (C=O) groups is 1. The highest BCUT2D eigenvalue weighted by Crippen LogP contribution is 2.44. The number of nitrogens with one attached hydrogen (secondary N) is 1. The average molecular weight is 351 g/mol. The van der Waals surface area contributed by atoms with Crippen LogP contribution in [0.3, 0.4) is 0 Å². The van der Waals surface area contributed by atoms with Crippen molar-refractivity contribution in [1.29, 1.82) is 0 Å². The summed E-state index contributed by atoms with van der Waals surface area (Å²) in [6.07, 6.45) is 0. The first-order valence-electron chi connectivity index (χ1n) is 8.19. The van der Waals surface area contributed by atoms with Crippen LogP contribution in [-0.4, -0.2) is 49.5 Å². The van der Waals surface area contributed by atoms with Crippen LogP contribution in [0.15, 0.2) is 48.5 Å². The largest absolute Gasteiger partial charge is 0.508 e. The van der Waals surface area contributed by atoms with E-state index in [1.807, 2.05) is 0 Å². The van der Waals surface area contributed by atoms with Crippen molar-refractivity contribution in [3.05, 3.63) is 65.4 Å². The first kappa shape index (κ1) is 16.2. The number of phenolic OH excluding ortho intramolecular Hbond substituents is 2. The second-order valence-corrected chi connectivity index (χ2v) is 6.10. The Kier molecular flexibility index (Phi) is 3.85. The van der Waals surface area contributed by atoms with Crippen LogP contribution in [0.2, 0.25) is 0 Å². The van der Waals surface area contributed by atoms with Crippen LogP contribution in [0.25, 0.3) is 11.3 Å². The first-order valence-corrected chi connectivity index (χ1v) is 8.19. The molecule has 0 fully saturated rings. The summed E-state index contributed by atoms with van der Waals surface area (Å²) < 4.78 is 0. The number of hydrogen-bond acceptors (Lipinski definition) is 5. The lowest BCUT2D eigenvalue weighted by Crippen LogP contribution is -2.32. The van der Waals surface area contributed by atoms with Gasteiger partial charge in [-0.25, -0.2) is 0 Å². The van der Waals surface area contributed by atoms with Crippen molar-refractivity contribution in [1.82, 2.24) is 15.1 Å². The molecule has 0 saturated carbocycles. The van der Waals surface area contributed by atoms with Crippen molar-refractivity contribution in [2.45, 2.75) is 6.04 Å². The van der Waals surface area contributed by atoms with Gasteiger partial charge in [0.15, 0.2) is 0 Å². The number of aliphatic hydroxyl groups is 1. The topological polar surface area (TPSA) is 110 Å². The van der Waals surface area contributed by atoms with E-state index in [0.717, 1.165) is 0 Å². The molecule has 1 aliphatic rings. The smallest absolute Gasteiger partial charge is 0.273 e. The molecule has 1 amide bonds. The van der Waals surface area contributed by atoms with Gasteiger partial charge >= 0.3 is 0 Å². The quantitative estimate of drug-likeness (QED) is 0.575. The predicted octanol–water partition coefficient (Wildman–Crippen LogP) is 2.03. The number of aromatic nitrogens is 2. The Morgan fingerprint density at radius 3 is 2.65 bits per heavy atom. The van der Waals surface area contributed by atoms with Gasteiger partial charge < -0.3 is 20.2 Å². The van der Waals surface area contributed by atoms with Crippen LogP contribution in [0.5, 0.6) is 11.5 Å². The molecule has 0 aliphatic carbocycles. The van der Waals surface area contributed by atoms with Crippen molar-refractivity contribution < 1.29 is 20.1 Å². The van der Waals surface area contributed by atoms with E-state index < -0.39 is 6.04 Å². The Bertz CT molecular complexity index is 982. The third kappa shape index (κ3) is 2.41. The highest BCUT2D eigenvalue weighted by Gasteiger charge is 2.42. The van der Waals surface area contributed by atoms with E-state index in [2.05, 4.69) is 10.2 Å². The molecular weight excluding hydrogens is 334 g/mol. The van der Waals surface area contributed by atoms with E-state index in [-0.39, 0.29) is 30.6 Å². The molecule has 0 bridgehead atoms. The molecule has 0 radical (unpaired) electrons. The molecule has 1 atom stereocenters. The average Bonchev–Trinajstić information content (AvgIpc) is 3.16. The minimum Gasteiger partial charge on any atom is -0.508 e. The number of hydrogen-bond donors (Lipinski definition) is 4. The lowest BCUT2D eigenvalue weighted by Gasteiger charge is -2.25. The number of carbonyl (C=O) groups excluding carboxylic acids is 1. The van der Waals surface area contributed by atoms with Crippen molar-refractivity contribution in [3.63, 3.8) is 0 Å². The molecule has 4 N–H and O–H groups in total. The van der Waals surface area contributed by atoms with Gasteiger partial charge in [0, 0.05) is 17.7 Å². The van der Waals surface area contributed by atoms with E-state index in [4.69, 9.17) is 0 Å². The Hall–Kier alpha value is -3.32. The van der Waals surface area contributed by atoms with Crippen molar-refractivity contribution >= 4 is 5.91 Å². The van der Waals surface area contributed by atoms with Gasteiger partial charge in [-0.1, -0.05) is 24.3 Å². The van der Waals surface area contributed by atoms with Gasteiger partial charge in [0.1, 0.15) is 22.9 Å². The SMILES string of the molecule is O=C1c2[nH]nc(-c3ccccc3O)c2C(c2cccc(O)c2)N1CCO. The van der Waals surface area contributed by atoms with Crippen LogP contribution in [0.1, 0.15) is 27.7 Å². The second-order valence-electron chi connectivity index (χ2n) is 6.10. The normalized spacial score (nSPS) is 16.1. The third-order valence-electron chi connectivity index (χ3n) is 4.55. The molecule has 26 heavy (non-hydrogen) atoms.